The van der Waals surface area contributed by atoms with Gasteiger partial charge < -0.3 is 14.8 Å². The molecule has 0 aromatic heterocycles. The van der Waals surface area contributed by atoms with E-state index < -0.39 is 15.9 Å². The highest BCUT2D eigenvalue weighted by Crippen LogP contribution is 2.29. The van der Waals surface area contributed by atoms with Gasteiger partial charge in [-0.2, -0.15) is 4.31 Å². The lowest BCUT2D eigenvalue weighted by Gasteiger charge is -2.19. The summed E-state index contributed by atoms with van der Waals surface area (Å²) in [6.07, 6.45) is 0. The third-order valence-electron chi connectivity index (χ3n) is 4.54. The summed E-state index contributed by atoms with van der Waals surface area (Å²) in [6.45, 7) is 7.88. The van der Waals surface area contributed by atoms with Gasteiger partial charge in [-0.3, -0.25) is 4.79 Å². The van der Waals surface area contributed by atoms with Crippen molar-refractivity contribution in [2.45, 2.75) is 32.6 Å². The quantitative estimate of drug-likeness (QED) is 0.672. The van der Waals surface area contributed by atoms with Crippen LogP contribution < -0.4 is 14.8 Å². The van der Waals surface area contributed by atoms with Gasteiger partial charge in [0.1, 0.15) is 11.5 Å². The fourth-order valence-electron chi connectivity index (χ4n) is 3.01. The fourth-order valence-corrected chi connectivity index (χ4v) is 4.49. The number of hydrogen-bond acceptors (Lipinski definition) is 5. The lowest BCUT2D eigenvalue weighted by Crippen LogP contribution is -2.30. The Kier molecular flexibility index (Phi) is 7.64. The van der Waals surface area contributed by atoms with E-state index in [4.69, 9.17) is 9.47 Å². The van der Waals surface area contributed by atoms with Crippen molar-refractivity contribution in [1.29, 1.82) is 0 Å². The monoisotopic (exact) mass is 420 g/mol. The smallest absolute Gasteiger partial charge is 0.262 e. The minimum Gasteiger partial charge on any atom is -0.495 e. The number of methoxy groups -OCH3 is 1. The van der Waals surface area contributed by atoms with Crippen LogP contribution in [0.2, 0.25) is 0 Å². The summed E-state index contributed by atoms with van der Waals surface area (Å²) < 4.78 is 37.8. The predicted octanol–water partition coefficient (Wildman–Crippen LogP) is 3.36. The van der Waals surface area contributed by atoms with E-state index >= 15 is 0 Å². The van der Waals surface area contributed by atoms with Crippen molar-refractivity contribution in [3.8, 4) is 11.5 Å². The Bertz CT molecular complexity index is 949. The van der Waals surface area contributed by atoms with Crippen molar-refractivity contribution < 1.29 is 22.7 Å². The zero-order valence-corrected chi connectivity index (χ0v) is 18.3. The first-order valence-corrected chi connectivity index (χ1v) is 10.9. The summed E-state index contributed by atoms with van der Waals surface area (Å²) >= 11 is 0. The average Bonchev–Trinajstić information content (AvgIpc) is 2.68. The zero-order chi connectivity index (χ0) is 21.6. The van der Waals surface area contributed by atoms with Crippen LogP contribution in [0.3, 0.4) is 0 Å². The number of nitrogens with one attached hydrogen (secondary N) is 1. The standard InChI is InChI=1S/C21H28N2O5S/c1-6-23(7-2)29(25,26)17-11-12-19(27-5)18(13-17)22-20(24)14-28-21-15(3)9-8-10-16(21)4/h8-13H,6-7,14H2,1-5H3,(H,22,24). The van der Waals surface area contributed by atoms with E-state index in [2.05, 4.69) is 5.32 Å². The fraction of sp³-hybridized carbons (Fsp3) is 0.381. The van der Waals surface area contributed by atoms with Gasteiger partial charge in [-0.15, -0.1) is 0 Å². The maximum Gasteiger partial charge on any atom is 0.262 e. The summed E-state index contributed by atoms with van der Waals surface area (Å²) in [7, 11) is -2.20. The Morgan fingerprint density at radius 3 is 2.24 bits per heavy atom. The molecule has 2 aromatic carbocycles. The van der Waals surface area contributed by atoms with E-state index in [-0.39, 0.29) is 17.2 Å². The van der Waals surface area contributed by atoms with Crippen molar-refractivity contribution in [2.75, 3.05) is 32.1 Å². The molecule has 0 heterocycles. The van der Waals surface area contributed by atoms with Gasteiger partial charge in [0.15, 0.2) is 6.61 Å². The van der Waals surface area contributed by atoms with Gasteiger partial charge in [-0.25, -0.2) is 8.42 Å². The Balaban J connectivity index is 2.22. The molecule has 158 valence electrons. The van der Waals surface area contributed by atoms with Crippen molar-refractivity contribution in [1.82, 2.24) is 4.31 Å². The number of rotatable bonds is 9. The number of carbonyl (C=O) groups excluding carboxylic acids is 1. The number of anilines is 1. The highest BCUT2D eigenvalue weighted by atomic mass is 32.2. The van der Waals surface area contributed by atoms with Gasteiger partial charge >= 0.3 is 0 Å². The minimum absolute atomic E-state index is 0.0907. The summed E-state index contributed by atoms with van der Waals surface area (Å²) in [6, 6.07) is 10.1. The molecule has 0 saturated heterocycles. The number of amides is 1. The van der Waals surface area contributed by atoms with Crippen LogP contribution in [0.5, 0.6) is 11.5 Å². The molecule has 0 aliphatic heterocycles. The summed E-state index contributed by atoms with van der Waals surface area (Å²) in [4.78, 5) is 12.5. The Morgan fingerprint density at radius 2 is 1.69 bits per heavy atom. The van der Waals surface area contributed by atoms with Crippen LogP contribution >= 0.6 is 0 Å². The molecule has 0 bridgehead atoms. The normalized spacial score (nSPS) is 11.4. The molecular formula is C21H28N2O5S. The molecule has 0 aliphatic carbocycles. The first-order chi connectivity index (χ1) is 13.7. The lowest BCUT2D eigenvalue weighted by atomic mass is 10.1. The number of nitrogens with zero attached hydrogens (tertiary/aromatic N) is 1. The molecular weight excluding hydrogens is 392 g/mol. The van der Waals surface area contributed by atoms with Gasteiger partial charge in [0.25, 0.3) is 5.91 Å². The van der Waals surface area contributed by atoms with Crippen LogP contribution in [0.15, 0.2) is 41.3 Å². The van der Waals surface area contributed by atoms with Crippen molar-refractivity contribution in [3.05, 3.63) is 47.5 Å². The van der Waals surface area contributed by atoms with Gasteiger partial charge in [0.05, 0.1) is 17.7 Å². The molecule has 0 atom stereocenters. The number of hydrogen-bond donors (Lipinski definition) is 1. The van der Waals surface area contributed by atoms with Gasteiger partial charge in [0.2, 0.25) is 10.0 Å². The summed E-state index contributed by atoms with van der Waals surface area (Å²) in [5, 5.41) is 2.69. The number of ether oxygens (including phenoxy) is 2. The Morgan fingerprint density at radius 1 is 1.07 bits per heavy atom. The molecule has 0 radical (unpaired) electrons. The zero-order valence-electron chi connectivity index (χ0n) is 17.5. The van der Waals surface area contributed by atoms with Crippen LogP contribution in [0.1, 0.15) is 25.0 Å². The van der Waals surface area contributed by atoms with E-state index in [9.17, 15) is 13.2 Å². The molecule has 7 nitrogen and oxygen atoms in total. The van der Waals surface area contributed by atoms with Crippen molar-refractivity contribution in [3.63, 3.8) is 0 Å². The third kappa shape index (κ3) is 5.27. The third-order valence-corrected chi connectivity index (χ3v) is 6.59. The second-order valence-electron chi connectivity index (χ2n) is 6.51. The van der Waals surface area contributed by atoms with Crippen LogP contribution in [0.4, 0.5) is 5.69 Å². The number of aryl methyl sites for hydroxylation is 2. The second kappa shape index (κ2) is 9.76. The van der Waals surface area contributed by atoms with Crippen molar-refractivity contribution >= 4 is 21.6 Å². The van der Waals surface area contributed by atoms with E-state index in [1.54, 1.807) is 13.8 Å². The van der Waals surface area contributed by atoms with E-state index in [1.165, 1.54) is 29.6 Å². The SMILES string of the molecule is CCN(CC)S(=O)(=O)c1ccc(OC)c(NC(=O)COc2c(C)cccc2C)c1. The molecule has 2 aromatic rings. The van der Waals surface area contributed by atoms with E-state index in [0.717, 1.165) is 11.1 Å². The second-order valence-corrected chi connectivity index (χ2v) is 8.45. The largest absolute Gasteiger partial charge is 0.495 e. The number of benzene rings is 2. The molecule has 8 heteroatoms. The molecule has 29 heavy (non-hydrogen) atoms. The molecule has 0 saturated carbocycles. The Hall–Kier alpha value is -2.58. The molecule has 1 amide bonds. The van der Waals surface area contributed by atoms with Crippen LogP contribution in [0, 0.1) is 13.8 Å². The molecule has 1 N–H and O–H groups in total. The molecule has 0 spiro atoms. The molecule has 0 unspecified atom stereocenters. The van der Waals surface area contributed by atoms with Crippen LogP contribution in [-0.4, -0.2) is 45.4 Å². The van der Waals surface area contributed by atoms with Crippen LogP contribution in [0.25, 0.3) is 0 Å². The number of carbonyl (C=O) groups is 1. The first-order valence-electron chi connectivity index (χ1n) is 9.41. The van der Waals surface area contributed by atoms with E-state index in [0.29, 0.717) is 24.6 Å². The topological polar surface area (TPSA) is 84.9 Å². The summed E-state index contributed by atoms with van der Waals surface area (Å²) in [5.74, 6) is 0.611. The Labute approximate surface area is 172 Å². The van der Waals surface area contributed by atoms with Gasteiger partial charge in [0, 0.05) is 13.1 Å². The highest BCUT2D eigenvalue weighted by Gasteiger charge is 2.23. The van der Waals surface area contributed by atoms with Crippen LogP contribution in [-0.2, 0) is 14.8 Å². The molecule has 0 aliphatic rings. The number of sulfonamides is 1. The lowest BCUT2D eigenvalue weighted by molar-refractivity contribution is -0.118. The van der Waals surface area contributed by atoms with Gasteiger partial charge in [-0.05, 0) is 43.2 Å². The van der Waals surface area contributed by atoms with E-state index in [1.807, 2.05) is 32.0 Å². The average molecular weight is 421 g/mol. The predicted molar refractivity (Wildman–Crippen MR) is 113 cm³/mol. The molecule has 0 fully saturated rings. The van der Waals surface area contributed by atoms with Crippen molar-refractivity contribution in [2.24, 2.45) is 0 Å². The minimum atomic E-state index is -3.66. The highest BCUT2D eigenvalue weighted by molar-refractivity contribution is 7.89. The summed E-state index contributed by atoms with van der Waals surface area (Å²) in [5.41, 5.74) is 2.14. The van der Waals surface area contributed by atoms with Gasteiger partial charge in [-0.1, -0.05) is 32.0 Å². The first kappa shape index (κ1) is 22.7. The maximum absolute atomic E-state index is 12.8. The maximum atomic E-state index is 12.8. The number of para-hydroxylation sites is 1. The molecule has 2 rings (SSSR count).